The Morgan fingerprint density at radius 2 is 2.04 bits per heavy atom. The molecule has 0 N–H and O–H groups in total. The molecule has 0 saturated carbocycles. The van der Waals surface area contributed by atoms with Crippen molar-refractivity contribution < 1.29 is 9.53 Å². The van der Waals surface area contributed by atoms with E-state index in [0.29, 0.717) is 35.9 Å². The van der Waals surface area contributed by atoms with E-state index in [1.54, 1.807) is 31.3 Å². The van der Waals surface area contributed by atoms with E-state index in [1.165, 1.54) is 4.90 Å². The predicted octanol–water partition coefficient (Wildman–Crippen LogP) is 3.90. The summed E-state index contributed by atoms with van der Waals surface area (Å²) in [6.07, 6.45) is 0.310. The number of ether oxygens (including phenoxy) is 1. The van der Waals surface area contributed by atoms with Crippen molar-refractivity contribution in [2.45, 2.75) is 13.0 Å². The van der Waals surface area contributed by atoms with E-state index < -0.39 is 0 Å². The predicted molar refractivity (Wildman–Crippen MR) is 89.4 cm³/mol. The lowest BCUT2D eigenvalue weighted by atomic mass is 10.2. The van der Waals surface area contributed by atoms with Crippen LogP contribution >= 0.6 is 11.6 Å². The van der Waals surface area contributed by atoms with Crippen LogP contribution < -0.4 is 4.74 Å². The Labute approximate surface area is 140 Å². The average molecular weight is 329 g/mol. The van der Waals surface area contributed by atoms with Crippen molar-refractivity contribution in [3.05, 3.63) is 64.7 Å². The molecule has 0 saturated heterocycles. The van der Waals surface area contributed by atoms with Gasteiger partial charge in [-0.1, -0.05) is 35.9 Å². The number of amides is 1. The zero-order valence-corrected chi connectivity index (χ0v) is 13.6. The van der Waals surface area contributed by atoms with Crippen LogP contribution in [0, 0.1) is 11.3 Å². The van der Waals surface area contributed by atoms with Gasteiger partial charge in [0.05, 0.1) is 12.5 Å². The standard InChI is InChI=1S/C18H17ClN2O2/c1-21(11-5-10-20)18(22)14-7-4-8-16(12-14)23-13-15-6-2-3-9-17(15)19/h2-4,6-9,12H,5,11,13H2,1H3. The number of hydrogen-bond acceptors (Lipinski definition) is 3. The summed E-state index contributed by atoms with van der Waals surface area (Å²) in [7, 11) is 1.68. The minimum Gasteiger partial charge on any atom is -0.489 e. The minimum absolute atomic E-state index is 0.136. The highest BCUT2D eigenvalue weighted by molar-refractivity contribution is 6.31. The molecular formula is C18H17ClN2O2. The number of halogens is 1. The van der Waals surface area contributed by atoms with E-state index in [2.05, 4.69) is 0 Å². The Hall–Kier alpha value is -2.51. The van der Waals surface area contributed by atoms with E-state index in [4.69, 9.17) is 21.6 Å². The number of nitrogens with zero attached hydrogens (tertiary/aromatic N) is 2. The van der Waals surface area contributed by atoms with Crippen LogP contribution in [-0.2, 0) is 6.61 Å². The zero-order valence-electron chi connectivity index (χ0n) is 12.8. The van der Waals surface area contributed by atoms with Crippen LogP contribution in [0.4, 0.5) is 0 Å². The van der Waals surface area contributed by atoms with Gasteiger partial charge in [-0.05, 0) is 24.3 Å². The molecular weight excluding hydrogens is 312 g/mol. The number of benzene rings is 2. The summed E-state index contributed by atoms with van der Waals surface area (Å²) in [6.45, 7) is 0.738. The number of hydrogen-bond donors (Lipinski definition) is 0. The van der Waals surface area contributed by atoms with Gasteiger partial charge in [-0.2, -0.15) is 5.26 Å². The summed E-state index contributed by atoms with van der Waals surface area (Å²) >= 11 is 6.10. The van der Waals surface area contributed by atoms with Crippen molar-refractivity contribution in [2.75, 3.05) is 13.6 Å². The molecule has 0 aliphatic heterocycles. The van der Waals surface area contributed by atoms with E-state index >= 15 is 0 Å². The van der Waals surface area contributed by atoms with Gasteiger partial charge in [0, 0.05) is 29.7 Å². The van der Waals surface area contributed by atoms with E-state index in [1.807, 2.05) is 30.3 Å². The molecule has 0 radical (unpaired) electrons. The molecule has 0 atom stereocenters. The van der Waals surface area contributed by atoms with Crippen LogP contribution in [0.2, 0.25) is 5.02 Å². The van der Waals surface area contributed by atoms with Gasteiger partial charge in [-0.3, -0.25) is 4.79 Å². The van der Waals surface area contributed by atoms with Gasteiger partial charge in [0.2, 0.25) is 0 Å². The lowest BCUT2D eigenvalue weighted by Crippen LogP contribution is -2.27. The van der Waals surface area contributed by atoms with E-state index in [9.17, 15) is 4.79 Å². The van der Waals surface area contributed by atoms with Gasteiger partial charge in [0.15, 0.2) is 0 Å². The number of nitriles is 1. The van der Waals surface area contributed by atoms with Gasteiger partial charge in [0.1, 0.15) is 12.4 Å². The second-order valence-electron chi connectivity index (χ2n) is 5.04. The Bertz CT molecular complexity index is 725. The second kappa shape index (κ2) is 8.21. The maximum absolute atomic E-state index is 12.3. The lowest BCUT2D eigenvalue weighted by Gasteiger charge is -2.16. The van der Waals surface area contributed by atoms with Crippen LogP contribution in [0.1, 0.15) is 22.3 Å². The van der Waals surface area contributed by atoms with Gasteiger partial charge in [-0.15, -0.1) is 0 Å². The minimum atomic E-state index is -0.136. The van der Waals surface area contributed by atoms with Crippen LogP contribution in [-0.4, -0.2) is 24.4 Å². The first-order valence-electron chi connectivity index (χ1n) is 7.20. The molecule has 0 unspecified atom stereocenters. The van der Waals surface area contributed by atoms with Gasteiger partial charge in [0.25, 0.3) is 5.91 Å². The first-order chi connectivity index (χ1) is 11.1. The van der Waals surface area contributed by atoms with Crippen LogP contribution in [0.25, 0.3) is 0 Å². The van der Waals surface area contributed by atoms with Crippen molar-refractivity contribution in [2.24, 2.45) is 0 Å². The quantitative estimate of drug-likeness (QED) is 0.808. The SMILES string of the molecule is CN(CCC#N)C(=O)c1cccc(OCc2ccccc2Cl)c1. The maximum Gasteiger partial charge on any atom is 0.253 e. The first kappa shape index (κ1) is 16.9. The summed E-state index contributed by atoms with van der Waals surface area (Å²) in [5, 5.41) is 9.24. The molecule has 1 amide bonds. The van der Waals surface area contributed by atoms with Crippen molar-refractivity contribution in [3.8, 4) is 11.8 Å². The highest BCUT2D eigenvalue weighted by Gasteiger charge is 2.12. The summed E-state index contributed by atoms with van der Waals surface area (Å²) < 4.78 is 5.72. The first-order valence-corrected chi connectivity index (χ1v) is 7.58. The molecule has 2 aromatic rings. The monoisotopic (exact) mass is 328 g/mol. The molecule has 0 bridgehead atoms. The fraction of sp³-hybridized carbons (Fsp3) is 0.222. The summed E-state index contributed by atoms with van der Waals surface area (Å²) in [5.41, 5.74) is 1.42. The largest absolute Gasteiger partial charge is 0.489 e. The second-order valence-corrected chi connectivity index (χ2v) is 5.45. The van der Waals surface area contributed by atoms with Crippen LogP contribution in [0.15, 0.2) is 48.5 Å². The third kappa shape index (κ3) is 4.73. The topological polar surface area (TPSA) is 53.3 Å². The van der Waals surface area contributed by atoms with Gasteiger partial charge < -0.3 is 9.64 Å². The molecule has 0 fully saturated rings. The van der Waals surface area contributed by atoms with Crippen LogP contribution in [0.5, 0.6) is 5.75 Å². The Morgan fingerprint density at radius 1 is 1.26 bits per heavy atom. The molecule has 23 heavy (non-hydrogen) atoms. The molecule has 0 spiro atoms. The molecule has 2 aromatic carbocycles. The zero-order chi connectivity index (χ0) is 16.7. The number of carbonyl (C=O) groups is 1. The number of carbonyl (C=O) groups excluding carboxylic acids is 1. The Morgan fingerprint density at radius 3 is 2.78 bits per heavy atom. The van der Waals surface area contributed by atoms with Crippen LogP contribution in [0.3, 0.4) is 0 Å². The highest BCUT2D eigenvalue weighted by atomic mass is 35.5. The Balaban J connectivity index is 2.04. The maximum atomic E-state index is 12.3. The van der Waals surface area contributed by atoms with E-state index in [0.717, 1.165) is 5.56 Å². The molecule has 0 aliphatic carbocycles. The van der Waals surface area contributed by atoms with Gasteiger partial charge >= 0.3 is 0 Å². The third-order valence-electron chi connectivity index (χ3n) is 3.34. The van der Waals surface area contributed by atoms with Gasteiger partial charge in [-0.25, -0.2) is 0 Å². The normalized spacial score (nSPS) is 9.96. The van der Waals surface area contributed by atoms with Crippen molar-refractivity contribution in [3.63, 3.8) is 0 Å². The van der Waals surface area contributed by atoms with Crippen molar-refractivity contribution in [1.82, 2.24) is 4.90 Å². The third-order valence-corrected chi connectivity index (χ3v) is 3.71. The number of rotatable bonds is 6. The molecule has 118 valence electrons. The summed E-state index contributed by atoms with van der Waals surface area (Å²) in [4.78, 5) is 13.8. The molecule has 0 heterocycles. The molecule has 4 nitrogen and oxygen atoms in total. The fourth-order valence-electron chi connectivity index (χ4n) is 2.04. The summed E-state index contributed by atoms with van der Waals surface area (Å²) in [6, 6.07) is 16.5. The summed E-state index contributed by atoms with van der Waals surface area (Å²) in [5.74, 6) is 0.466. The van der Waals surface area contributed by atoms with Crippen molar-refractivity contribution in [1.29, 1.82) is 5.26 Å². The average Bonchev–Trinajstić information content (AvgIpc) is 2.58. The molecule has 0 aromatic heterocycles. The molecule has 0 aliphatic rings. The lowest BCUT2D eigenvalue weighted by molar-refractivity contribution is 0.0797. The fourth-order valence-corrected chi connectivity index (χ4v) is 2.23. The molecule has 2 rings (SSSR count). The van der Waals surface area contributed by atoms with Crippen molar-refractivity contribution >= 4 is 17.5 Å². The Kier molecular flexibility index (Phi) is 6.02. The molecule has 5 heteroatoms. The highest BCUT2D eigenvalue weighted by Crippen LogP contribution is 2.20. The smallest absolute Gasteiger partial charge is 0.253 e. The van der Waals surface area contributed by atoms with E-state index in [-0.39, 0.29) is 5.91 Å².